The molecule has 0 spiro atoms. The molecule has 4 rings (SSSR count). The summed E-state index contributed by atoms with van der Waals surface area (Å²) in [5.74, 6) is 0.258. The van der Waals surface area contributed by atoms with Crippen LogP contribution in [0.15, 0.2) is 40.6 Å². The monoisotopic (exact) mass is 326 g/mol. The number of nitrogens with zero attached hydrogens (tertiary/aromatic N) is 3. The first kappa shape index (κ1) is 14.1. The van der Waals surface area contributed by atoms with Gasteiger partial charge in [0.15, 0.2) is 5.13 Å². The number of rotatable bonds is 4. The van der Waals surface area contributed by atoms with Gasteiger partial charge in [0.1, 0.15) is 6.54 Å². The third-order valence-electron chi connectivity index (χ3n) is 3.82. The third kappa shape index (κ3) is 2.87. The number of carbonyl (C=O) groups excluding carboxylic acids is 1. The molecule has 116 valence electrons. The Morgan fingerprint density at radius 2 is 2.17 bits per heavy atom. The summed E-state index contributed by atoms with van der Waals surface area (Å²) in [5, 5.41) is 10.7. The molecule has 1 aliphatic carbocycles. The van der Waals surface area contributed by atoms with Gasteiger partial charge in [-0.25, -0.2) is 9.67 Å². The summed E-state index contributed by atoms with van der Waals surface area (Å²) in [7, 11) is 0. The fraction of sp³-hybridized carbons (Fsp3) is 0.250. The Kier molecular flexibility index (Phi) is 3.42. The topological polar surface area (TPSA) is 76.9 Å². The van der Waals surface area contributed by atoms with Gasteiger partial charge in [-0.05, 0) is 18.9 Å². The van der Waals surface area contributed by atoms with Crippen LogP contribution in [0.5, 0.6) is 0 Å². The summed E-state index contributed by atoms with van der Waals surface area (Å²) in [6.45, 7) is -0.123. The van der Waals surface area contributed by atoms with E-state index in [0.29, 0.717) is 16.4 Å². The number of thiazole rings is 1. The highest BCUT2D eigenvalue weighted by Crippen LogP contribution is 2.40. The molecular weight excluding hydrogens is 312 g/mol. The first-order chi connectivity index (χ1) is 11.2. The minimum atomic E-state index is -0.299. The molecule has 2 heterocycles. The summed E-state index contributed by atoms with van der Waals surface area (Å²) < 4.78 is 1.17. The van der Waals surface area contributed by atoms with Gasteiger partial charge >= 0.3 is 0 Å². The van der Waals surface area contributed by atoms with Gasteiger partial charge in [0.2, 0.25) is 5.91 Å². The van der Waals surface area contributed by atoms with E-state index in [1.165, 1.54) is 28.9 Å². The minimum absolute atomic E-state index is 0.123. The van der Waals surface area contributed by atoms with Crippen molar-refractivity contribution < 1.29 is 4.79 Å². The van der Waals surface area contributed by atoms with Crippen LogP contribution in [0, 0.1) is 0 Å². The van der Waals surface area contributed by atoms with Gasteiger partial charge in [0.25, 0.3) is 5.56 Å². The Bertz CT molecular complexity index is 942. The number of hydrogen-bond acceptors (Lipinski definition) is 5. The molecule has 1 aliphatic rings. The molecule has 0 bridgehead atoms. The van der Waals surface area contributed by atoms with E-state index in [4.69, 9.17) is 0 Å². The van der Waals surface area contributed by atoms with E-state index in [-0.39, 0.29) is 18.0 Å². The third-order valence-corrected chi connectivity index (χ3v) is 4.60. The normalized spacial score (nSPS) is 14.1. The van der Waals surface area contributed by atoms with Crippen molar-refractivity contribution in [2.45, 2.75) is 25.3 Å². The van der Waals surface area contributed by atoms with Crippen molar-refractivity contribution in [3.8, 4) is 0 Å². The van der Waals surface area contributed by atoms with Crippen molar-refractivity contribution in [1.82, 2.24) is 14.8 Å². The van der Waals surface area contributed by atoms with Crippen LogP contribution in [0.3, 0.4) is 0 Å². The molecule has 0 atom stereocenters. The average molecular weight is 326 g/mol. The molecule has 0 aliphatic heterocycles. The molecule has 1 saturated carbocycles. The molecule has 2 aromatic heterocycles. The maximum atomic E-state index is 12.3. The Labute approximate surface area is 135 Å². The summed E-state index contributed by atoms with van der Waals surface area (Å²) in [5.41, 5.74) is 0.780. The van der Waals surface area contributed by atoms with Gasteiger partial charge in [-0.3, -0.25) is 9.59 Å². The summed E-state index contributed by atoms with van der Waals surface area (Å²) in [6, 6.07) is 7.20. The van der Waals surface area contributed by atoms with Crippen molar-refractivity contribution in [3.05, 3.63) is 51.9 Å². The van der Waals surface area contributed by atoms with Crippen molar-refractivity contribution in [2.24, 2.45) is 0 Å². The van der Waals surface area contributed by atoms with Gasteiger partial charge in [-0.15, -0.1) is 11.3 Å². The Balaban J connectivity index is 1.51. The van der Waals surface area contributed by atoms with Crippen LogP contribution in [0.1, 0.15) is 24.5 Å². The zero-order chi connectivity index (χ0) is 15.8. The molecule has 0 saturated heterocycles. The van der Waals surface area contributed by atoms with E-state index in [1.54, 1.807) is 18.3 Å². The van der Waals surface area contributed by atoms with Gasteiger partial charge in [0.05, 0.1) is 17.3 Å². The smallest absolute Gasteiger partial charge is 0.275 e. The number of fused-ring (bicyclic) bond motifs is 1. The number of nitrogens with one attached hydrogen (secondary N) is 1. The van der Waals surface area contributed by atoms with E-state index in [1.807, 2.05) is 17.5 Å². The molecule has 0 unspecified atom stereocenters. The lowest BCUT2D eigenvalue weighted by atomic mass is 10.2. The quantitative estimate of drug-likeness (QED) is 0.798. The number of hydrogen-bond donors (Lipinski definition) is 1. The van der Waals surface area contributed by atoms with Crippen molar-refractivity contribution in [1.29, 1.82) is 0 Å². The molecule has 3 aromatic rings. The van der Waals surface area contributed by atoms with Crippen LogP contribution in [-0.4, -0.2) is 20.7 Å². The van der Waals surface area contributed by atoms with Gasteiger partial charge in [0, 0.05) is 16.7 Å². The van der Waals surface area contributed by atoms with E-state index in [9.17, 15) is 9.59 Å². The van der Waals surface area contributed by atoms with Gasteiger partial charge < -0.3 is 5.32 Å². The Morgan fingerprint density at radius 3 is 3.00 bits per heavy atom. The fourth-order valence-electron chi connectivity index (χ4n) is 2.45. The molecule has 1 amide bonds. The van der Waals surface area contributed by atoms with Gasteiger partial charge in [-0.2, -0.15) is 5.10 Å². The molecule has 7 heteroatoms. The van der Waals surface area contributed by atoms with Crippen LogP contribution in [0.4, 0.5) is 5.13 Å². The standard InChI is InChI=1S/C16H14N4O2S/c21-14(19-16-18-13(9-23-16)10-5-6-10)8-20-15(22)12-4-2-1-3-11(12)7-17-20/h1-4,7,9-10H,5-6,8H2,(H,18,19,21). The number of anilines is 1. The summed E-state index contributed by atoms with van der Waals surface area (Å²) in [4.78, 5) is 28.9. The fourth-order valence-corrected chi connectivity index (χ4v) is 3.25. The largest absolute Gasteiger partial charge is 0.300 e. The molecule has 6 nitrogen and oxygen atoms in total. The average Bonchev–Trinajstić information content (AvgIpc) is 3.31. The van der Waals surface area contributed by atoms with E-state index >= 15 is 0 Å². The minimum Gasteiger partial charge on any atom is -0.300 e. The predicted octanol–water partition coefficient (Wildman–Crippen LogP) is 2.37. The Hall–Kier alpha value is -2.54. The van der Waals surface area contributed by atoms with Crippen LogP contribution >= 0.6 is 11.3 Å². The molecule has 1 N–H and O–H groups in total. The number of carbonyl (C=O) groups is 1. The first-order valence-electron chi connectivity index (χ1n) is 7.41. The summed E-state index contributed by atoms with van der Waals surface area (Å²) >= 11 is 1.41. The highest BCUT2D eigenvalue weighted by molar-refractivity contribution is 7.13. The van der Waals surface area contributed by atoms with Crippen molar-refractivity contribution in [2.75, 3.05) is 5.32 Å². The van der Waals surface area contributed by atoms with Crippen molar-refractivity contribution in [3.63, 3.8) is 0 Å². The predicted molar refractivity (Wildman–Crippen MR) is 88.7 cm³/mol. The second-order valence-electron chi connectivity index (χ2n) is 5.59. The van der Waals surface area contributed by atoms with Crippen LogP contribution in [0.25, 0.3) is 10.8 Å². The van der Waals surface area contributed by atoms with Crippen LogP contribution in [0.2, 0.25) is 0 Å². The maximum Gasteiger partial charge on any atom is 0.275 e. The number of aromatic nitrogens is 3. The SMILES string of the molecule is O=C(Cn1ncc2ccccc2c1=O)Nc1nc(C2CC2)cs1. The molecule has 1 fully saturated rings. The molecule has 1 aromatic carbocycles. The number of amides is 1. The summed E-state index contributed by atoms with van der Waals surface area (Å²) in [6.07, 6.45) is 3.94. The Morgan fingerprint density at radius 1 is 1.35 bits per heavy atom. The van der Waals surface area contributed by atoms with Crippen LogP contribution in [-0.2, 0) is 11.3 Å². The zero-order valence-electron chi connectivity index (χ0n) is 12.2. The second kappa shape index (κ2) is 5.58. The highest BCUT2D eigenvalue weighted by atomic mass is 32.1. The number of benzene rings is 1. The molecule has 23 heavy (non-hydrogen) atoms. The highest BCUT2D eigenvalue weighted by Gasteiger charge is 2.26. The molecule has 0 radical (unpaired) electrons. The van der Waals surface area contributed by atoms with E-state index < -0.39 is 0 Å². The van der Waals surface area contributed by atoms with Crippen molar-refractivity contribution >= 4 is 33.1 Å². The van der Waals surface area contributed by atoms with Crippen LogP contribution < -0.4 is 10.9 Å². The van der Waals surface area contributed by atoms with Gasteiger partial charge in [-0.1, -0.05) is 18.2 Å². The first-order valence-corrected chi connectivity index (χ1v) is 8.29. The zero-order valence-corrected chi connectivity index (χ0v) is 13.0. The van der Waals surface area contributed by atoms with E-state index in [0.717, 1.165) is 11.1 Å². The lowest BCUT2D eigenvalue weighted by molar-refractivity contribution is -0.117. The lowest BCUT2D eigenvalue weighted by Gasteiger charge is -2.05. The second-order valence-corrected chi connectivity index (χ2v) is 6.45. The van der Waals surface area contributed by atoms with E-state index in [2.05, 4.69) is 15.4 Å². The maximum absolute atomic E-state index is 12.3. The molecular formula is C16H14N4O2S. The lowest BCUT2D eigenvalue weighted by Crippen LogP contribution is -2.29.